The molecule has 0 unspecified atom stereocenters. The number of amides is 1. The van der Waals surface area contributed by atoms with Crippen molar-refractivity contribution in [3.05, 3.63) is 71.4 Å². The van der Waals surface area contributed by atoms with Crippen molar-refractivity contribution in [1.29, 1.82) is 0 Å². The normalized spacial score (nSPS) is 10.5. The molecule has 1 aromatic heterocycles. The van der Waals surface area contributed by atoms with Gasteiger partial charge in [0.15, 0.2) is 0 Å². The predicted octanol–water partition coefficient (Wildman–Crippen LogP) is 4.01. The topological polar surface area (TPSA) is 49.0 Å². The van der Waals surface area contributed by atoms with Gasteiger partial charge in [-0.1, -0.05) is 41.9 Å². The number of aromatic nitrogens is 2. The molecule has 0 saturated heterocycles. The Balaban J connectivity index is 1.86. The highest BCUT2D eigenvalue weighted by Gasteiger charge is 2.16. The number of para-hydroxylation sites is 1. The molecule has 5 heteroatoms. The first-order valence-electron chi connectivity index (χ1n) is 6.79. The summed E-state index contributed by atoms with van der Waals surface area (Å²) in [6.07, 6.45) is 0. The molecule has 3 rings (SSSR count). The van der Waals surface area contributed by atoms with Crippen LogP contribution in [0.5, 0.6) is 0 Å². The van der Waals surface area contributed by atoms with E-state index in [1.807, 2.05) is 48.5 Å². The van der Waals surface area contributed by atoms with Gasteiger partial charge in [-0.3, -0.25) is 9.89 Å². The fourth-order valence-electron chi connectivity index (χ4n) is 2.18. The second-order valence-electron chi connectivity index (χ2n) is 4.88. The summed E-state index contributed by atoms with van der Waals surface area (Å²) < 4.78 is 0. The van der Waals surface area contributed by atoms with Crippen molar-refractivity contribution >= 4 is 23.2 Å². The number of benzene rings is 2. The van der Waals surface area contributed by atoms with E-state index in [4.69, 9.17) is 11.6 Å². The number of hydrogen-bond acceptors (Lipinski definition) is 2. The maximum absolute atomic E-state index is 12.5. The van der Waals surface area contributed by atoms with Crippen molar-refractivity contribution < 1.29 is 4.79 Å². The third-order valence-electron chi connectivity index (χ3n) is 3.38. The van der Waals surface area contributed by atoms with Crippen molar-refractivity contribution in [2.45, 2.75) is 0 Å². The molecule has 0 bridgehead atoms. The maximum Gasteiger partial charge on any atom is 0.276 e. The predicted molar refractivity (Wildman–Crippen MR) is 88.2 cm³/mol. The van der Waals surface area contributed by atoms with Crippen LogP contribution in [0, 0.1) is 0 Å². The number of anilines is 1. The van der Waals surface area contributed by atoms with Crippen molar-refractivity contribution in [3.63, 3.8) is 0 Å². The van der Waals surface area contributed by atoms with Crippen LogP contribution in [0.1, 0.15) is 10.5 Å². The first-order chi connectivity index (χ1) is 10.6. The molecule has 2 aromatic carbocycles. The molecular formula is C17H14ClN3O. The lowest BCUT2D eigenvalue weighted by molar-refractivity contribution is 0.0988. The SMILES string of the molecule is CN(C(=O)c1cc(-c2cccc(Cl)c2)n[nH]1)c1ccccc1. The summed E-state index contributed by atoms with van der Waals surface area (Å²) in [4.78, 5) is 14.1. The van der Waals surface area contributed by atoms with E-state index in [1.54, 1.807) is 24.1 Å². The summed E-state index contributed by atoms with van der Waals surface area (Å²) >= 11 is 5.98. The molecule has 110 valence electrons. The van der Waals surface area contributed by atoms with Gasteiger partial charge in [-0.25, -0.2) is 0 Å². The minimum absolute atomic E-state index is 0.146. The third-order valence-corrected chi connectivity index (χ3v) is 3.61. The van der Waals surface area contributed by atoms with Crippen LogP contribution in [0.15, 0.2) is 60.7 Å². The Morgan fingerprint density at radius 2 is 1.86 bits per heavy atom. The molecule has 1 heterocycles. The number of H-pyrrole nitrogens is 1. The lowest BCUT2D eigenvalue weighted by Gasteiger charge is -2.15. The smallest absolute Gasteiger partial charge is 0.276 e. The number of carbonyl (C=O) groups excluding carboxylic acids is 1. The van der Waals surface area contributed by atoms with Crippen LogP contribution in [0.4, 0.5) is 5.69 Å². The summed E-state index contributed by atoms with van der Waals surface area (Å²) in [5.41, 5.74) is 2.81. The van der Waals surface area contributed by atoms with Crippen molar-refractivity contribution in [1.82, 2.24) is 10.2 Å². The number of rotatable bonds is 3. The van der Waals surface area contributed by atoms with Crippen LogP contribution in [0.2, 0.25) is 5.02 Å². The highest BCUT2D eigenvalue weighted by atomic mass is 35.5. The average Bonchev–Trinajstić information content (AvgIpc) is 3.04. The lowest BCUT2D eigenvalue weighted by atomic mass is 10.1. The Morgan fingerprint density at radius 1 is 1.09 bits per heavy atom. The number of halogens is 1. The third kappa shape index (κ3) is 2.87. The Morgan fingerprint density at radius 3 is 2.59 bits per heavy atom. The van der Waals surface area contributed by atoms with E-state index in [0.29, 0.717) is 16.4 Å². The molecule has 0 aliphatic heterocycles. The second kappa shape index (κ2) is 6.03. The van der Waals surface area contributed by atoms with Gasteiger partial charge in [0.2, 0.25) is 0 Å². The number of hydrogen-bond donors (Lipinski definition) is 1. The Kier molecular flexibility index (Phi) is 3.94. The quantitative estimate of drug-likeness (QED) is 0.794. The molecule has 1 amide bonds. The highest BCUT2D eigenvalue weighted by molar-refractivity contribution is 6.30. The molecule has 4 nitrogen and oxygen atoms in total. The standard InChI is InChI=1S/C17H14ClN3O/c1-21(14-8-3-2-4-9-14)17(22)16-11-15(19-20-16)12-6-5-7-13(18)10-12/h2-11H,1H3,(H,19,20). The molecule has 0 spiro atoms. The number of nitrogens with zero attached hydrogens (tertiary/aromatic N) is 2. The number of nitrogens with one attached hydrogen (secondary N) is 1. The average molecular weight is 312 g/mol. The fourth-order valence-corrected chi connectivity index (χ4v) is 2.37. The molecule has 0 aliphatic carbocycles. The van der Waals surface area contributed by atoms with E-state index >= 15 is 0 Å². The Bertz CT molecular complexity index is 798. The largest absolute Gasteiger partial charge is 0.310 e. The first-order valence-corrected chi connectivity index (χ1v) is 7.17. The van der Waals surface area contributed by atoms with Gasteiger partial charge < -0.3 is 4.90 Å². The maximum atomic E-state index is 12.5. The molecule has 0 atom stereocenters. The first kappa shape index (κ1) is 14.4. The van der Waals surface area contributed by atoms with Gasteiger partial charge in [-0.15, -0.1) is 0 Å². The van der Waals surface area contributed by atoms with Crippen LogP contribution < -0.4 is 4.90 Å². The van der Waals surface area contributed by atoms with Gasteiger partial charge in [-0.2, -0.15) is 5.10 Å². The summed E-state index contributed by atoms with van der Waals surface area (Å²) in [5, 5.41) is 7.62. The molecule has 3 aromatic rings. The number of aromatic amines is 1. The number of carbonyl (C=O) groups is 1. The van der Waals surface area contributed by atoms with E-state index in [-0.39, 0.29) is 5.91 Å². The molecule has 0 radical (unpaired) electrons. The van der Waals surface area contributed by atoms with Gasteiger partial charge in [0.1, 0.15) is 5.69 Å². The summed E-state index contributed by atoms with van der Waals surface area (Å²) in [7, 11) is 1.73. The summed E-state index contributed by atoms with van der Waals surface area (Å²) in [6, 6.07) is 18.6. The molecular weight excluding hydrogens is 298 g/mol. The van der Waals surface area contributed by atoms with Crippen molar-refractivity contribution in [3.8, 4) is 11.3 Å². The minimum atomic E-state index is -0.146. The molecule has 0 saturated carbocycles. The molecule has 0 fully saturated rings. The van der Waals surface area contributed by atoms with Crippen LogP contribution in [0.3, 0.4) is 0 Å². The van der Waals surface area contributed by atoms with Gasteiger partial charge in [0.05, 0.1) is 5.69 Å². The fraction of sp³-hybridized carbons (Fsp3) is 0.0588. The lowest BCUT2D eigenvalue weighted by Crippen LogP contribution is -2.26. The van der Waals surface area contributed by atoms with E-state index in [1.165, 1.54) is 0 Å². The highest BCUT2D eigenvalue weighted by Crippen LogP contribution is 2.22. The zero-order valence-electron chi connectivity index (χ0n) is 12.0. The van der Waals surface area contributed by atoms with E-state index in [2.05, 4.69) is 10.2 Å². The van der Waals surface area contributed by atoms with E-state index in [0.717, 1.165) is 11.3 Å². The van der Waals surface area contributed by atoms with Crippen LogP contribution in [0.25, 0.3) is 11.3 Å². The van der Waals surface area contributed by atoms with Crippen molar-refractivity contribution in [2.24, 2.45) is 0 Å². The Hall–Kier alpha value is -2.59. The van der Waals surface area contributed by atoms with Gasteiger partial charge in [0, 0.05) is 23.3 Å². The van der Waals surface area contributed by atoms with E-state index < -0.39 is 0 Å². The molecule has 1 N–H and O–H groups in total. The van der Waals surface area contributed by atoms with E-state index in [9.17, 15) is 4.79 Å². The van der Waals surface area contributed by atoms with Crippen LogP contribution in [-0.2, 0) is 0 Å². The van der Waals surface area contributed by atoms with Gasteiger partial charge in [-0.05, 0) is 30.3 Å². The molecule has 22 heavy (non-hydrogen) atoms. The zero-order chi connectivity index (χ0) is 15.5. The summed E-state index contributed by atoms with van der Waals surface area (Å²) in [6.45, 7) is 0. The zero-order valence-corrected chi connectivity index (χ0v) is 12.7. The van der Waals surface area contributed by atoms with Crippen LogP contribution in [-0.4, -0.2) is 23.2 Å². The van der Waals surface area contributed by atoms with Gasteiger partial charge in [0.25, 0.3) is 5.91 Å². The van der Waals surface area contributed by atoms with Gasteiger partial charge >= 0.3 is 0 Å². The van der Waals surface area contributed by atoms with Crippen LogP contribution >= 0.6 is 11.6 Å². The monoisotopic (exact) mass is 311 g/mol. The van der Waals surface area contributed by atoms with Crippen molar-refractivity contribution in [2.75, 3.05) is 11.9 Å². The Labute approximate surface area is 133 Å². The second-order valence-corrected chi connectivity index (χ2v) is 5.31. The molecule has 0 aliphatic rings. The minimum Gasteiger partial charge on any atom is -0.310 e. The summed E-state index contributed by atoms with van der Waals surface area (Å²) in [5.74, 6) is -0.146.